The van der Waals surface area contributed by atoms with Crippen LogP contribution in [0.3, 0.4) is 0 Å². The number of rotatable bonds is 3. The molecule has 1 unspecified atom stereocenters. The Morgan fingerprint density at radius 3 is 2.59 bits per heavy atom. The molecule has 6 heteroatoms. The molecule has 118 valence electrons. The first-order valence-electron chi connectivity index (χ1n) is 7.64. The minimum absolute atomic E-state index is 0.0348. The van der Waals surface area contributed by atoms with E-state index in [1.54, 1.807) is 0 Å². The second-order valence-corrected chi connectivity index (χ2v) is 5.72. The zero-order valence-electron chi connectivity index (χ0n) is 12.5. The van der Waals surface area contributed by atoms with Crippen LogP contribution in [-0.2, 0) is 20.9 Å². The van der Waals surface area contributed by atoms with E-state index in [0.29, 0.717) is 13.1 Å². The van der Waals surface area contributed by atoms with Gasteiger partial charge in [0.05, 0.1) is 6.61 Å². The number of hydrogen-bond acceptors (Lipinski definition) is 4. The predicted octanol–water partition coefficient (Wildman–Crippen LogP) is -0.154. The molecule has 0 bridgehead atoms. The van der Waals surface area contributed by atoms with E-state index in [9.17, 15) is 9.59 Å². The number of carbonyl (C=O) groups excluding carboxylic acids is 2. The summed E-state index contributed by atoms with van der Waals surface area (Å²) >= 11 is 0. The maximum atomic E-state index is 12.4. The molecule has 2 aliphatic rings. The third kappa shape index (κ3) is 3.64. The van der Waals surface area contributed by atoms with Crippen molar-refractivity contribution in [3.05, 3.63) is 35.9 Å². The summed E-state index contributed by atoms with van der Waals surface area (Å²) in [7, 11) is 0. The summed E-state index contributed by atoms with van der Waals surface area (Å²) in [5, 5.41) is 2.70. The summed E-state index contributed by atoms with van der Waals surface area (Å²) in [6, 6.07) is 9.81. The lowest BCUT2D eigenvalue weighted by Crippen LogP contribution is -2.58. The van der Waals surface area contributed by atoms with E-state index in [0.717, 1.165) is 19.6 Å². The molecule has 0 spiro atoms. The Morgan fingerprint density at radius 2 is 1.91 bits per heavy atom. The van der Waals surface area contributed by atoms with E-state index in [4.69, 9.17) is 4.74 Å². The van der Waals surface area contributed by atoms with Crippen LogP contribution >= 0.6 is 0 Å². The molecule has 2 amide bonds. The van der Waals surface area contributed by atoms with Crippen molar-refractivity contribution >= 4 is 11.8 Å². The van der Waals surface area contributed by atoms with Gasteiger partial charge in [-0.3, -0.25) is 14.5 Å². The Bertz CT molecular complexity index is 527. The normalized spacial score (nSPS) is 23.2. The summed E-state index contributed by atoms with van der Waals surface area (Å²) in [5.41, 5.74) is 1.29. The molecule has 1 aromatic carbocycles. The molecule has 2 saturated heterocycles. The van der Waals surface area contributed by atoms with E-state index in [1.807, 2.05) is 23.1 Å². The maximum Gasteiger partial charge on any atom is 0.247 e. The smallest absolute Gasteiger partial charge is 0.247 e. The maximum absolute atomic E-state index is 12.4. The van der Waals surface area contributed by atoms with Crippen LogP contribution in [0.4, 0.5) is 0 Å². The number of amides is 2. The van der Waals surface area contributed by atoms with Crippen LogP contribution in [0.15, 0.2) is 30.3 Å². The fourth-order valence-electron chi connectivity index (χ4n) is 2.87. The fraction of sp³-hybridized carbons (Fsp3) is 0.500. The van der Waals surface area contributed by atoms with Gasteiger partial charge in [0.15, 0.2) is 0 Å². The molecule has 2 aliphatic heterocycles. The second kappa shape index (κ2) is 6.89. The van der Waals surface area contributed by atoms with Gasteiger partial charge in [-0.05, 0) is 5.56 Å². The van der Waals surface area contributed by atoms with Crippen molar-refractivity contribution in [3.8, 4) is 0 Å². The molecule has 1 N–H and O–H groups in total. The Hall–Kier alpha value is -1.92. The molecular weight excluding hydrogens is 282 g/mol. The van der Waals surface area contributed by atoms with Crippen molar-refractivity contribution in [2.75, 3.05) is 39.4 Å². The number of nitrogens with zero attached hydrogens (tertiary/aromatic N) is 2. The Kier molecular flexibility index (Phi) is 4.70. The van der Waals surface area contributed by atoms with E-state index in [1.165, 1.54) is 5.56 Å². The first-order valence-corrected chi connectivity index (χ1v) is 7.64. The number of nitrogens with one attached hydrogen (secondary N) is 1. The molecule has 1 aromatic rings. The van der Waals surface area contributed by atoms with Crippen LogP contribution in [0.1, 0.15) is 5.56 Å². The number of ether oxygens (including phenoxy) is 1. The second-order valence-electron chi connectivity index (χ2n) is 5.72. The molecular formula is C16H21N3O3. The first-order chi connectivity index (χ1) is 10.7. The molecule has 1 atom stereocenters. The average Bonchev–Trinajstić information content (AvgIpc) is 2.56. The summed E-state index contributed by atoms with van der Waals surface area (Å²) in [5.74, 6) is -0.250. The van der Waals surface area contributed by atoms with Crippen LogP contribution < -0.4 is 5.32 Å². The zero-order chi connectivity index (χ0) is 15.4. The third-order valence-corrected chi connectivity index (χ3v) is 4.08. The predicted molar refractivity (Wildman–Crippen MR) is 81.0 cm³/mol. The molecule has 2 fully saturated rings. The fourth-order valence-corrected chi connectivity index (χ4v) is 2.87. The van der Waals surface area contributed by atoms with Gasteiger partial charge in [-0.25, -0.2) is 0 Å². The molecule has 22 heavy (non-hydrogen) atoms. The van der Waals surface area contributed by atoms with Gasteiger partial charge >= 0.3 is 0 Å². The Labute approximate surface area is 130 Å². The highest BCUT2D eigenvalue weighted by Gasteiger charge is 2.31. The van der Waals surface area contributed by atoms with Crippen LogP contribution in [0, 0.1) is 0 Å². The Balaban J connectivity index is 1.49. The van der Waals surface area contributed by atoms with E-state index < -0.39 is 6.04 Å². The van der Waals surface area contributed by atoms with Gasteiger partial charge in [-0.2, -0.15) is 0 Å². The minimum Gasteiger partial charge on any atom is -0.369 e. The first kappa shape index (κ1) is 15.0. The summed E-state index contributed by atoms with van der Waals surface area (Å²) in [6.07, 6.45) is 0. The van der Waals surface area contributed by atoms with Crippen LogP contribution in [0.5, 0.6) is 0 Å². The number of piperazine rings is 1. The highest BCUT2D eigenvalue weighted by molar-refractivity contribution is 5.89. The molecule has 0 aliphatic carbocycles. The Morgan fingerprint density at radius 1 is 1.18 bits per heavy atom. The lowest BCUT2D eigenvalue weighted by Gasteiger charge is -2.37. The number of morpholine rings is 1. The quantitative estimate of drug-likeness (QED) is 0.843. The van der Waals surface area contributed by atoms with Crippen LogP contribution in [-0.4, -0.2) is 67.0 Å². The number of benzene rings is 1. The van der Waals surface area contributed by atoms with Crippen molar-refractivity contribution in [2.24, 2.45) is 0 Å². The SMILES string of the molecule is O=C1COCC(C(=O)N2CCN(Cc3ccccc3)CC2)N1. The monoisotopic (exact) mass is 303 g/mol. The van der Waals surface area contributed by atoms with Crippen molar-refractivity contribution in [2.45, 2.75) is 12.6 Å². The molecule has 0 saturated carbocycles. The molecule has 0 radical (unpaired) electrons. The van der Waals surface area contributed by atoms with Gasteiger partial charge in [0.1, 0.15) is 12.6 Å². The molecule has 2 heterocycles. The molecule has 0 aromatic heterocycles. The number of hydrogen-bond donors (Lipinski definition) is 1. The average molecular weight is 303 g/mol. The van der Waals surface area contributed by atoms with Crippen LogP contribution in [0.2, 0.25) is 0 Å². The van der Waals surface area contributed by atoms with Gasteiger partial charge in [-0.15, -0.1) is 0 Å². The topological polar surface area (TPSA) is 61.9 Å². The van der Waals surface area contributed by atoms with E-state index in [2.05, 4.69) is 22.3 Å². The van der Waals surface area contributed by atoms with Gasteiger partial charge in [0, 0.05) is 32.7 Å². The lowest BCUT2D eigenvalue weighted by molar-refractivity contribution is -0.145. The van der Waals surface area contributed by atoms with Crippen molar-refractivity contribution in [1.82, 2.24) is 15.1 Å². The number of carbonyl (C=O) groups is 2. The largest absolute Gasteiger partial charge is 0.369 e. The van der Waals surface area contributed by atoms with Gasteiger partial charge in [-0.1, -0.05) is 30.3 Å². The highest BCUT2D eigenvalue weighted by Crippen LogP contribution is 2.10. The van der Waals surface area contributed by atoms with Gasteiger partial charge in [0.2, 0.25) is 11.8 Å². The summed E-state index contributed by atoms with van der Waals surface area (Å²) in [6.45, 7) is 4.32. The zero-order valence-corrected chi connectivity index (χ0v) is 12.5. The van der Waals surface area contributed by atoms with Crippen molar-refractivity contribution < 1.29 is 14.3 Å². The summed E-state index contributed by atoms with van der Waals surface area (Å²) in [4.78, 5) is 27.8. The van der Waals surface area contributed by atoms with Gasteiger partial charge < -0.3 is 15.0 Å². The minimum atomic E-state index is -0.526. The summed E-state index contributed by atoms with van der Waals surface area (Å²) < 4.78 is 5.14. The van der Waals surface area contributed by atoms with E-state index >= 15 is 0 Å². The molecule has 3 rings (SSSR count). The highest BCUT2D eigenvalue weighted by atomic mass is 16.5. The lowest BCUT2D eigenvalue weighted by atomic mass is 10.2. The third-order valence-electron chi connectivity index (χ3n) is 4.08. The van der Waals surface area contributed by atoms with Crippen LogP contribution in [0.25, 0.3) is 0 Å². The van der Waals surface area contributed by atoms with Gasteiger partial charge in [0.25, 0.3) is 0 Å². The van der Waals surface area contributed by atoms with Crippen molar-refractivity contribution in [1.29, 1.82) is 0 Å². The van der Waals surface area contributed by atoms with Crippen molar-refractivity contribution in [3.63, 3.8) is 0 Å². The van der Waals surface area contributed by atoms with E-state index in [-0.39, 0.29) is 25.0 Å². The standard InChI is InChI=1S/C16H21N3O3/c20-15-12-22-11-14(17-15)16(21)19-8-6-18(7-9-19)10-13-4-2-1-3-5-13/h1-5,14H,6-12H2,(H,17,20). The molecule has 6 nitrogen and oxygen atoms in total.